The van der Waals surface area contributed by atoms with Gasteiger partial charge in [0.1, 0.15) is 0 Å². The van der Waals surface area contributed by atoms with Gasteiger partial charge < -0.3 is 9.84 Å². The van der Waals surface area contributed by atoms with E-state index in [-0.39, 0.29) is 5.60 Å². The first kappa shape index (κ1) is 14.9. The van der Waals surface area contributed by atoms with Gasteiger partial charge in [-0.3, -0.25) is 0 Å². The molecule has 0 saturated heterocycles. The van der Waals surface area contributed by atoms with Gasteiger partial charge in [-0.2, -0.15) is 0 Å². The highest BCUT2D eigenvalue weighted by Crippen LogP contribution is 2.38. The van der Waals surface area contributed by atoms with Gasteiger partial charge >= 0.3 is 0 Å². The topological polar surface area (TPSA) is 42.4 Å². The van der Waals surface area contributed by atoms with Gasteiger partial charge in [-0.25, -0.2) is 4.98 Å². The SMILES string of the molecule is CCOC1(C(O)Cc2csc(C)n2)CCC(C)CC1. The van der Waals surface area contributed by atoms with Crippen LogP contribution in [0.5, 0.6) is 0 Å². The number of thiazole rings is 1. The quantitative estimate of drug-likeness (QED) is 0.901. The summed E-state index contributed by atoms with van der Waals surface area (Å²) in [6, 6.07) is 0. The fraction of sp³-hybridized carbons (Fsp3) is 0.800. The van der Waals surface area contributed by atoms with Crippen molar-refractivity contribution in [1.29, 1.82) is 0 Å². The Hall–Kier alpha value is -0.450. The minimum atomic E-state index is -0.443. The zero-order valence-corrected chi connectivity index (χ0v) is 13.0. The van der Waals surface area contributed by atoms with E-state index in [0.717, 1.165) is 42.3 Å². The van der Waals surface area contributed by atoms with Gasteiger partial charge in [-0.05, 0) is 45.4 Å². The summed E-state index contributed by atoms with van der Waals surface area (Å²) in [6.45, 7) is 6.97. The molecule has 0 aliphatic heterocycles. The molecule has 3 nitrogen and oxygen atoms in total. The fourth-order valence-electron chi connectivity index (χ4n) is 3.00. The Balaban J connectivity index is 2.05. The lowest BCUT2D eigenvalue weighted by molar-refractivity contribution is -0.143. The Morgan fingerprint density at radius 3 is 2.74 bits per heavy atom. The largest absolute Gasteiger partial charge is 0.390 e. The molecule has 1 aliphatic carbocycles. The summed E-state index contributed by atoms with van der Waals surface area (Å²) in [7, 11) is 0. The van der Waals surface area contributed by atoms with Gasteiger partial charge in [0.25, 0.3) is 0 Å². The van der Waals surface area contributed by atoms with Crippen LogP contribution in [0.1, 0.15) is 50.2 Å². The van der Waals surface area contributed by atoms with E-state index in [0.29, 0.717) is 13.0 Å². The molecule has 1 aromatic heterocycles. The van der Waals surface area contributed by atoms with Crippen molar-refractivity contribution in [3.8, 4) is 0 Å². The molecule has 19 heavy (non-hydrogen) atoms. The Labute approximate surface area is 120 Å². The molecular weight excluding hydrogens is 258 g/mol. The van der Waals surface area contributed by atoms with Crippen molar-refractivity contribution in [2.24, 2.45) is 5.92 Å². The number of nitrogens with zero attached hydrogens (tertiary/aromatic N) is 1. The van der Waals surface area contributed by atoms with Crippen molar-refractivity contribution >= 4 is 11.3 Å². The fourth-order valence-corrected chi connectivity index (χ4v) is 3.62. The molecule has 1 heterocycles. The molecular formula is C15H25NO2S. The number of aliphatic hydroxyl groups is 1. The second-order valence-corrected chi connectivity index (χ2v) is 6.82. The monoisotopic (exact) mass is 283 g/mol. The van der Waals surface area contributed by atoms with Crippen molar-refractivity contribution in [1.82, 2.24) is 4.98 Å². The molecule has 0 radical (unpaired) electrons. The molecule has 108 valence electrons. The van der Waals surface area contributed by atoms with Crippen LogP contribution in [0, 0.1) is 12.8 Å². The lowest BCUT2D eigenvalue weighted by atomic mass is 9.75. The number of rotatable bonds is 5. The molecule has 0 spiro atoms. The zero-order valence-electron chi connectivity index (χ0n) is 12.2. The summed E-state index contributed by atoms with van der Waals surface area (Å²) in [5.74, 6) is 0.752. The highest BCUT2D eigenvalue weighted by atomic mass is 32.1. The summed E-state index contributed by atoms with van der Waals surface area (Å²) in [6.07, 6.45) is 4.39. The van der Waals surface area contributed by atoms with Gasteiger partial charge in [-0.1, -0.05) is 6.92 Å². The smallest absolute Gasteiger partial charge is 0.0944 e. The average Bonchev–Trinajstić information content (AvgIpc) is 2.78. The van der Waals surface area contributed by atoms with E-state index in [9.17, 15) is 5.11 Å². The van der Waals surface area contributed by atoms with E-state index in [2.05, 4.69) is 11.9 Å². The molecule has 1 unspecified atom stereocenters. The first-order valence-electron chi connectivity index (χ1n) is 7.29. The molecule has 1 aromatic rings. The van der Waals surface area contributed by atoms with Crippen LogP contribution in [0.15, 0.2) is 5.38 Å². The molecule has 1 aliphatic rings. The van der Waals surface area contributed by atoms with Gasteiger partial charge in [0.15, 0.2) is 0 Å². The van der Waals surface area contributed by atoms with Crippen LogP contribution in [-0.4, -0.2) is 28.4 Å². The molecule has 0 aromatic carbocycles. The maximum Gasteiger partial charge on any atom is 0.0944 e. The number of aromatic nitrogens is 1. The molecule has 1 fully saturated rings. The number of aryl methyl sites for hydroxylation is 1. The second-order valence-electron chi connectivity index (χ2n) is 5.76. The predicted molar refractivity (Wildman–Crippen MR) is 78.6 cm³/mol. The molecule has 2 rings (SSSR count). The van der Waals surface area contributed by atoms with E-state index in [1.54, 1.807) is 11.3 Å². The average molecular weight is 283 g/mol. The van der Waals surface area contributed by atoms with Gasteiger partial charge in [0, 0.05) is 18.4 Å². The Bertz CT molecular complexity index is 397. The van der Waals surface area contributed by atoms with E-state index in [1.807, 2.05) is 19.2 Å². The van der Waals surface area contributed by atoms with Crippen molar-refractivity contribution in [3.63, 3.8) is 0 Å². The zero-order chi connectivity index (χ0) is 13.9. The van der Waals surface area contributed by atoms with Crippen molar-refractivity contribution in [2.75, 3.05) is 6.61 Å². The van der Waals surface area contributed by atoms with Crippen LogP contribution < -0.4 is 0 Å². The predicted octanol–water partition coefficient (Wildman–Crippen LogP) is 3.34. The van der Waals surface area contributed by atoms with Crippen LogP contribution in [-0.2, 0) is 11.2 Å². The minimum Gasteiger partial charge on any atom is -0.390 e. The van der Waals surface area contributed by atoms with Crippen LogP contribution in [0.3, 0.4) is 0 Å². The third-order valence-electron chi connectivity index (χ3n) is 4.23. The minimum absolute atomic E-state index is 0.348. The van der Waals surface area contributed by atoms with Gasteiger partial charge in [0.05, 0.1) is 22.4 Å². The molecule has 1 N–H and O–H groups in total. The maximum atomic E-state index is 10.6. The molecule has 0 bridgehead atoms. The van der Waals surface area contributed by atoms with E-state index in [4.69, 9.17) is 4.74 Å². The highest BCUT2D eigenvalue weighted by Gasteiger charge is 2.41. The Kier molecular flexibility index (Phi) is 4.98. The highest BCUT2D eigenvalue weighted by molar-refractivity contribution is 7.09. The number of aliphatic hydroxyl groups excluding tert-OH is 1. The number of ether oxygens (including phenoxy) is 1. The van der Waals surface area contributed by atoms with Gasteiger partial charge in [-0.15, -0.1) is 11.3 Å². The van der Waals surface area contributed by atoms with E-state index >= 15 is 0 Å². The van der Waals surface area contributed by atoms with Gasteiger partial charge in [0.2, 0.25) is 0 Å². The standard InChI is InChI=1S/C15H25NO2S/c1-4-18-15(7-5-11(2)6-8-15)14(17)9-13-10-19-12(3)16-13/h10-11,14,17H,4-9H2,1-3H3. The van der Waals surface area contributed by atoms with Crippen molar-refractivity contribution in [2.45, 2.75) is 64.6 Å². The summed E-state index contributed by atoms with van der Waals surface area (Å²) >= 11 is 1.64. The van der Waals surface area contributed by atoms with Crippen LogP contribution in [0.4, 0.5) is 0 Å². The summed E-state index contributed by atoms with van der Waals surface area (Å²) in [5.41, 5.74) is 0.645. The van der Waals surface area contributed by atoms with Crippen molar-refractivity contribution < 1.29 is 9.84 Å². The first-order valence-corrected chi connectivity index (χ1v) is 8.16. The van der Waals surface area contributed by atoms with Crippen LogP contribution in [0.25, 0.3) is 0 Å². The summed E-state index contributed by atoms with van der Waals surface area (Å²) < 4.78 is 5.99. The van der Waals surface area contributed by atoms with E-state index in [1.165, 1.54) is 0 Å². The summed E-state index contributed by atoms with van der Waals surface area (Å²) in [4.78, 5) is 4.45. The lowest BCUT2D eigenvalue weighted by Crippen LogP contribution is -2.48. The number of hydrogen-bond donors (Lipinski definition) is 1. The third kappa shape index (κ3) is 3.56. The normalized spacial score (nSPS) is 29.4. The second kappa shape index (κ2) is 6.33. The molecule has 0 amide bonds. The number of hydrogen-bond acceptors (Lipinski definition) is 4. The molecule has 1 saturated carbocycles. The first-order chi connectivity index (χ1) is 9.05. The summed E-state index contributed by atoms with van der Waals surface area (Å²) in [5, 5.41) is 13.7. The van der Waals surface area contributed by atoms with E-state index < -0.39 is 6.10 Å². The molecule has 4 heteroatoms. The third-order valence-corrected chi connectivity index (χ3v) is 5.05. The van der Waals surface area contributed by atoms with Crippen molar-refractivity contribution in [3.05, 3.63) is 16.1 Å². The van der Waals surface area contributed by atoms with Crippen LogP contribution >= 0.6 is 11.3 Å². The van der Waals surface area contributed by atoms with Crippen LogP contribution in [0.2, 0.25) is 0 Å². The Morgan fingerprint density at radius 2 is 2.21 bits per heavy atom. The maximum absolute atomic E-state index is 10.6. The lowest BCUT2D eigenvalue weighted by Gasteiger charge is -2.42. The molecule has 1 atom stereocenters. The Morgan fingerprint density at radius 1 is 1.53 bits per heavy atom.